The number of rotatable bonds is 2. The quantitative estimate of drug-likeness (QED) is 0.801. The average molecular weight is 205 g/mol. The third-order valence-corrected chi connectivity index (χ3v) is 3.30. The van der Waals surface area contributed by atoms with Gasteiger partial charge in [0.25, 0.3) is 0 Å². The zero-order chi connectivity index (χ0) is 10.8. The summed E-state index contributed by atoms with van der Waals surface area (Å²) in [5.74, 6) is 1.58. The number of nitrogens with one attached hydrogen (secondary N) is 1. The minimum atomic E-state index is 0.577. The smallest absolute Gasteiger partial charge is 0.118 e. The summed E-state index contributed by atoms with van der Waals surface area (Å²) in [6.07, 6.45) is 1.23. The van der Waals surface area contributed by atoms with Gasteiger partial charge in [-0.15, -0.1) is 0 Å². The van der Waals surface area contributed by atoms with Crippen LogP contribution in [0.1, 0.15) is 31.7 Å². The SMILES string of the molecule is COc1ccc(C2CC(C)NC2C)cc1. The highest BCUT2D eigenvalue weighted by atomic mass is 16.5. The van der Waals surface area contributed by atoms with Crippen molar-refractivity contribution in [2.45, 2.75) is 38.3 Å². The van der Waals surface area contributed by atoms with Gasteiger partial charge in [-0.1, -0.05) is 12.1 Å². The first-order valence-corrected chi connectivity index (χ1v) is 5.60. The summed E-state index contributed by atoms with van der Waals surface area (Å²) in [6.45, 7) is 4.51. The highest BCUT2D eigenvalue weighted by Gasteiger charge is 2.28. The summed E-state index contributed by atoms with van der Waals surface area (Å²) >= 11 is 0. The summed E-state index contributed by atoms with van der Waals surface area (Å²) in [5, 5.41) is 3.56. The van der Waals surface area contributed by atoms with Gasteiger partial charge in [0, 0.05) is 18.0 Å². The summed E-state index contributed by atoms with van der Waals surface area (Å²) in [4.78, 5) is 0. The molecule has 1 aliphatic rings. The van der Waals surface area contributed by atoms with Crippen LogP contribution in [0, 0.1) is 0 Å². The van der Waals surface area contributed by atoms with Crippen molar-refractivity contribution in [2.24, 2.45) is 0 Å². The Morgan fingerprint density at radius 2 is 1.87 bits per heavy atom. The van der Waals surface area contributed by atoms with Crippen LogP contribution in [-0.2, 0) is 0 Å². The van der Waals surface area contributed by atoms with E-state index in [1.807, 2.05) is 12.1 Å². The van der Waals surface area contributed by atoms with Gasteiger partial charge in [0.15, 0.2) is 0 Å². The fourth-order valence-electron chi connectivity index (χ4n) is 2.49. The second-order valence-corrected chi connectivity index (χ2v) is 4.47. The highest BCUT2D eigenvalue weighted by Crippen LogP contribution is 2.31. The van der Waals surface area contributed by atoms with Gasteiger partial charge < -0.3 is 10.1 Å². The van der Waals surface area contributed by atoms with E-state index in [9.17, 15) is 0 Å². The van der Waals surface area contributed by atoms with Crippen molar-refractivity contribution in [2.75, 3.05) is 7.11 Å². The maximum atomic E-state index is 5.16. The van der Waals surface area contributed by atoms with Crippen molar-refractivity contribution >= 4 is 0 Å². The van der Waals surface area contributed by atoms with E-state index in [1.54, 1.807) is 7.11 Å². The van der Waals surface area contributed by atoms with Gasteiger partial charge >= 0.3 is 0 Å². The van der Waals surface area contributed by atoms with Crippen molar-refractivity contribution in [3.8, 4) is 5.75 Å². The molecule has 0 saturated carbocycles. The van der Waals surface area contributed by atoms with Crippen LogP contribution >= 0.6 is 0 Å². The van der Waals surface area contributed by atoms with E-state index >= 15 is 0 Å². The Bertz CT molecular complexity index is 320. The molecule has 0 spiro atoms. The minimum absolute atomic E-state index is 0.577. The van der Waals surface area contributed by atoms with Crippen LogP contribution in [0.2, 0.25) is 0 Å². The second-order valence-electron chi connectivity index (χ2n) is 4.47. The Hall–Kier alpha value is -1.02. The molecule has 2 rings (SSSR count). The zero-order valence-corrected chi connectivity index (χ0v) is 9.66. The topological polar surface area (TPSA) is 21.3 Å². The van der Waals surface area contributed by atoms with E-state index < -0.39 is 0 Å². The van der Waals surface area contributed by atoms with Crippen molar-refractivity contribution in [1.82, 2.24) is 5.32 Å². The molecule has 1 fully saturated rings. The molecule has 2 nitrogen and oxygen atoms in total. The molecule has 0 bridgehead atoms. The van der Waals surface area contributed by atoms with Crippen LogP contribution in [-0.4, -0.2) is 19.2 Å². The first-order valence-electron chi connectivity index (χ1n) is 5.60. The molecular formula is C13H19NO. The first kappa shape index (κ1) is 10.5. The highest BCUT2D eigenvalue weighted by molar-refractivity contribution is 5.31. The molecule has 3 atom stereocenters. The standard InChI is InChI=1S/C13H19NO/c1-9-8-13(10(2)14-9)11-4-6-12(15-3)7-5-11/h4-7,9-10,13-14H,8H2,1-3H3. The number of ether oxygens (including phenoxy) is 1. The monoisotopic (exact) mass is 205 g/mol. The maximum Gasteiger partial charge on any atom is 0.118 e. The molecule has 0 amide bonds. The fraction of sp³-hybridized carbons (Fsp3) is 0.538. The summed E-state index contributed by atoms with van der Waals surface area (Å²) in [6, 6.07) is 9.66. The minimum Gasteiger partial charge on any atom is -0.497 e. The Kier molecular flexibility index (Phi) is 2.96. The van der Waals surface area contributed by atoms with Crippen molar-refractivity contribution < 1.29 is 4.74 Å². The van der Waals surface area contributed by atoms with Gasteiger partial charge in [-0.2, -0.15) is 0 Å². The number of hydrogen-bond donors (Lipinski definition) is 1. The van der Waals surface area contributed by atoms with Crippen molar-refractivity contribution in [3.63, 3.8) is 0 Å². The molecule has 1 saturated heterocycles. The molecule has 1 aromatic carbocycles. The van der Waals surface area contributed by atoms with Crippen LogP contribution in [0.4, 0.5) is 0 Å². The van der Waals surface area contributed by atoms with Crippen molar-refractivity contribution in [3.05, 3.63) is 29.8 Å². The van der Waals surface area contributed by atoms with Crippen LogP contribution in [0.3, 0.4) is 0 Å². The number of hydrogen-bond acceptors (Lipinski definition) is 2. The van der Waals surface area contributed by atoms with Crippen LogP contribution in [0.5, 0.6) is 5.75 Å². The third-order valence-electron chi connectivity index (χ3n) is 3.30. The lowest BCUT2D eigenvalue weighted by molar-refractivity contribution is 0.414. The zero-order valence-electron chi connectivity index (χ0n) is 9.66. The first-order chi connectivity index (χ1) is 7.20. The van der Waals surface area contributed by atoms with E-state index in [1.165, 1.54) is 12.0 Å². The number of methoxy groups -OCH3 is 1. The van der Waals surface area contributed by atoms with E-state index in [-0.39, 0.29) is 0 Å². The van der Waals surface area contributed by atoms with E-state index in [2.05, 4.69) is 31.3 Å². The van der Waals surface area contributed by atoms with Gasteiger partial charge in [0.1, 0.15) is 5.75 Å². The third kappa shape index (κ3) is 2.15. The number of benzene rings is 1. The summed E-state index contributed by atoms with van der Waals surface area (Å²) in [7, 11) is 1.71. The molecule has 1 N–H and O–H groups in total. The lowest BCUT2D eigenvalue weighted by atomic mass is 9.92. The molecule has 82 valence electrons. The largest absolute Gasteiger partial charge is 0.497 e. The second kappa shape index (κ2) is 4.23. The fourth-order valence-corrected chi connectivity index (χ4v) is 2.49. The Labute approximate surface area is 91.6 Å². The Morgan fingerprint density at radius 3 is 2.33 bits per heavy atom. The Morgan fingerprint density at radius 1 is 1.20 bits per heavy atom. The summed E-state index contributed by atoms with van der Waals surface area (Å²) in [5.41, 5.74) is 1.42. The molecule has 1 aromatic rings. The maximum absolute atomic E-state index is 5.16. The molecule has 0 radical (unpaired) electrons. The van der Waals surface area contributed by atoms with Crippen LogP contribution in [0.15, 0.2) is 24.3 Å². The molecule has 1 aliphatic heterocycles. The lowest BCUT2D eigenvalue weighted by Gasteiger charge is -2.15. The summed E-state index contributed by atoms with van der Waals surface area (Å²) < 4.78 is 5.16. The molecule has 15 heavy (non-hydrogen) atoms. The van der Waals surface area contributed by atoms with Crippen LogP contribution in [0.25, 0.3) is 0 Å². The molecule has 0 aromatic heterocycles. The van der Waals surface area contributed by atoms with E-state index in [0.717, 1.165) is 5.75 Å². The van der Waals surface area contributed by atoms with Gasteiger partial charge in [0.2, 0.25) is 0 Å². The molecule has 1 heterocycles. The van der Waals surface area contributed by atoms with Gasteiger partial charge in [-0.25, -0.2) is 0 Å². The predicted octanol–water partition coefficient (Wildman–Crippen LogP) is 2.55. The molecule has 0 aliphatic carbocycles. The predicted molar refractivity (Wildman–Crippen MR) is 62.4 cm³/mol. The van der Waals surface area contributed by atoms with Gasteiger partial charge in [-0.05, 0) is 38.0 Å². The van der Waals surface area contributed by atoms with Gasteiger partial charge in [-0.3, -0.25) is 0 Å². The Balaban J connectivity index is 2.15. The average Bonchev–Trinajstić information content (AvgIpc) is 2.58. The van der Waals surface area contributed by atoms with Crippen molar-refractivity contribution in [1.29, 1.82) is 0 Å². The van der Waals surface area contributed by atoms with Gasteiger partial charge in [0.05, 0.1) is 7.11 Å². The molecular weight excluding hydrogens is 186 g/mol. The van der Waals surface area contributed by atoms with E-state index in [4.69, 9.17) is 4.74 Å². The van der Waals surface area contributed by atoms with E-state index in [0.29, 0.717) is 18.0 Å². The normalized spacial score (nSPS) is 30.5. The van der Waals surface area contributed by atoms with Crippen LogP contribution < -0.4 is 10.1 Å². The molecule has 3 unspecified atom stereocenters. The molecule has 2 heteroatoms. The lowest BCUT2D eigenvalue weighted by Crippen LogP contribution is -2.26.